The molecule has 1 aliphatic heterocycles. The molecule has 1 saturated heterocycles. The van der Waals surface area contributed by atoms with Gasteiger partial charge in [0.1, 0.15) is 0 Å². The van der Waals surface area contributed by atoms with Gasteiger partial charge in [0, 0.05) is 29.2 Å². The molecule has 0 amide bonds. The Bertz CT molecular complexity index is 607. The van der Waals surface area contributed by atoms with Gasteiger partial charge in [0.25, 0.3) is 0 Å². The molecule has 7 heteroatoms. The second-order valence-electron chi connectivity index (χ2n) is 5.64. The summed E-state index contributed by atoms with van der Waals surface area (Å²) >= 11 is 12.2. The molecule has 0 aliphatic carbocycles. The van der Waals surface area contributed by atoms with Crippen LogP contribution < -0.4 is 5.73 Å². The molecule has 21 heavy (non-hydrogen) atoms. The number of nitrogens with zero attached hydrogens (tertiary/aromatic N) is 1. The predicted molar refractivity (Wildman–Crippen MR) is 87.1 cm³/mol. The van der Waals surface area contributed by atoms with E-state index in [2.05, 4.69) is 0 Å². The molecule has 1 heterocycles. The van der Waals surface area contributed by atoms with E-state index in [4.69, 9.17) is 28.9 Å². The number of nitrogens with two attached hydrogens (primary N) is 1. The summed E-state index contributed by atoms with van der Waals surface area (Å²) in [5, 5.41) is 1.20. The standard InChI is InChI=1S/C14H20Cl2N2O2S/c1-21(19,20)18-6-2-3-10(9-18)7-14(17)12-8-11(15)4-5-13(12)16/h4-5,8,10,14H,2-3,6-7,9,17H2,1H3. The van der Waals surface area contributed by atoms with Crippen LogP contribution in [0.4, 0.5) is 0 Å². The zero-order valence-electron chi connectivity index (χ0n) is 11.9. The first-order chi connectivity index (χ1) is 9.77. The molecule has 1 aromatic carbocycles. The average molecular weight is 351 g/mol. The van der Waals surface area contributed by atoms with Crippen molar-refractivity contribution < 1.29 is 8.42 Å². The highest BCUT2D eigenvalue weighted by atomic mass is 35.5. The number of rotatable bonds is 4. The molecule has 2 unspecified atom stereocenters. The van der Waals surface area contributed by atoms with Gasteiger partial charge >= 0.3 is 0 Å². The minimum absolute atomic E-state index is 0.235. The maximum Gasteiger partial charge on any atom is 0.211 e. The van der Waals surface area contributed by atoms with Crippen LogP contribution in [0.2, 0.25) is 10.0 Å². The van der Waals surface area contributed by atoms with Crippen LogP contribution in [-0.2, 0) is 10.0 Å². The molecule has 0 radical (unpaired) electrons. The van der Waals surface area contributed by atoms with E-state index in [1.807, 2.05) is 0 Å². The molecule has 1 aliphatic rings. The topological polar surface area (TPSA) is 63.4 Å². The number of halogens is 2. The monoisotopic (exact) mass is 350 g/mol. The maximum absolute atomic E-state index is 11.6. The van der Waals surface area contributed by atoms with Crippen molar-refractivity contribution in [1.82, 2.24) is 4.31 Å². The molecule has 2 rings (SSSR count). The highest BCUT2D eigenvalue weighted by Gasteiger charge is 2.27. The van der Waals surface area contributed by atoms with Gasteiger partial charge in [-0.15, -0.1) is 0 Å². The largest absolute Gasteiger partial charge is 0.324 e. The van der Waals surface area contributed by atoms with Gasteiger partial charge in [0.2, 0.25) is 10.0 Å². The minimum atomic E-state index is -3.13. The summed E-state index contributed by atoms with van der Waals surface area (Å²) in [7, 11) is -3.13. The molecule has 0 aromatic heterocycles. The van der Waals surface area contributed by atoms with Crippen molar-refractivity contribution >= 4 is 33.2 Å². The van der Waals surface area contributed by atoms with Crippen LogP contribution in [0.5, 0.6) is 0 Å². The number of hydrogen-bond acceptors (Lipinski definition) is 3. The van der Waals surface area contributed by atoms with Gasteiger partial charge in [-0.2, -0.15) is 0 Å². The lowest BCUT2D eigenvalue weighted by Gasteiger charge is -2.32. The van der Waals surface area contributed by atoms with E-state index < -0.39 is 10.0 Å². The Hall–Kier alpha value is -0.330. The number of sulfonamides is 1. The molecular weight excluding hydrogens is 331 g/mol. The van der Waals surface area contributed by atoms with Gasteiger partial charge < -0.3 is 5.73 Å². The first-order valence-electron chi connectivity index (χ1n) is 6.93. The lowest BCUT2D eigenvalue weighted by atomic mass is 9.90. The second kappa shape index (κ2) is 6.84. The third-order valence-corrected chi connectivity index (χ3v) is 5.74. The summed E-state index contributed by atoms with van der Waals surface area (Å²) in [4.78, 5) is 0. The Balaban J connectivity index is 2.05. The van der Waals surface area contributed by atoms with Crippen molar-refractivity contribution in [1.29, 1.82) is 0 Å². The quantitative estimate of drug-likeness (QED) is 0.907. The second-order valence-corrected chi connectivity index (χ2v) is 8.46. The smallest absolute Gasteiger partial charge is 0.211 e. The minimum Gasteiger partial charge on any atom is -0.324 e. The van der Waals surface area contributed by atoms with Crippen molar-refractivity contribution in [3.8, 4) is 0 Å². The molecule has 4 nitrogen and oxygen atoms in total. The van der Waals surface area contributed by atoms with Crippen LogP contribution in [0.3, 0.4) is 0 Å². The van der Waals surface area contributed by atoms with E-state index in [0.29, 0.717) is 29.6 Å². The molecule has 0 saturated carbocycles. The van der Waals surface area contributed by atoms with E-state index in [9.17, 15) is 8.42 Å². The number of piperidine rings is 1. The molecule has 118 valence electrons. The van der Waals surface area contributed by atoms with Crippen LogP contribution in [0.1, 0.15) is 30.9 Å². The number of hydrogen-bond donors (Lipinski definition) is 1. The van der Waals surface area contributed by atoms with Crippen LogP contribution in [0.15, 0.2) is 18.2 Å². The SMILES string of the molecule is CS(=O)(=O)N1CCCC(CC(N)c2cc(Cl)ccc2Cl)C1. The van der Waals surface area contributed by atoms with Gasteiger partial charge in [0.05, 0.1) is 6.26 Å². The summed E-state index contributed by atoms with van der Waals surface area (Å²) in [5.74, 6) is 0.249. The molecule has 1 fully saturated rings. The van der Waals surface area contributed by atoms with Gasteiger partial charge in [-0.1, -0.05) is 23.2 Å². The third kappa shape index (κ3) is 4.57. The highest BCUT2D eigenvalue weighted by molar-refractivity contribution is 7.88. The Labute approximate surface area is 136 Å². The molecule has 2 atom stereocenters. The molecule has 2 N–H and O–H groups in total. The molecule has 1 aromatic rings. The fraction of sp³-hybridized carbons (Fsp3) is 0.571. The highest BCUT2D eigenvalue weighted by Crippen LogP contribution is 2.31. The van der Waals surface area contributed by atoms with E-state index in [0.717, 1.165) is 18.4 Å². The van der Waals surface area contributed by atoms with Gasteiger partial charge in [-0.25, -0.2) is 12.7 Å². The molecular formula is C14H20Cl2N2O2S. The van der Waals surface area contributed by atoms with Crippen molar-refractivity contribution in [3.05, 3.63) is 33.8 Å². The zero-order chi connectivity index (χ0) is 15.6. The first kappa shape index (κ1) is 17.0. The van der Waals surface area contributed by atoms with Crippen molar-refractivity contribution in [3.63, 3.8) is 0 Å². The van der Waals surface area contributed by atoms with Gasteiger partial charge in [0.15, 0.2) is 0 Å². The van der Waals surface area contributed by atoms with Crippen molar-refractivity contribution in [2.24, 2.45) is 11.7 Å². The van der Waals surface area contributed by atoms with Crippen LogP contribution in [-0.4, -0.2) is 32.1 Å². The first-order valence-corrected chi connectivity index (χ1v) is 9.53. The van der Waals surface area contributed by atoms with Gasteiger partial charge in [-0.05, 0) is 48.9 Å². The maximum atomic E-state index is 11.6. The summed E-state index contributed by atoms with van der Waals surface area (Å²) in [6, 6.07) is 5.02. The Morgan fingerprint density at radius 3 is 2.81 bits per heavy atom. The Morgan fingerprint density at radius 2 is 2.14 bits per heavy atom. The predicted octanol–water partition coefficient (Wildman–Crippen LogP) is 3.05. The fourth-order valence-electron chi connectivity index (χ4n) is 2.81. The molecule has 0 bridgehead atoms. The van der Waals surface area contributed by atoms with E-state index in [-0.39, 0.29) is 12.0 Å². The average Bonchev–Trinajstić information content (AvgIpc) is 2.41. The normalized spacial score (nSPS) is 22.2. The lowest BCUT2D eigenvalue weighted by molar-refractivity contribution is 0.247. The van der Waals surface area contributed by atoms with Gasteiger partial charge in [-0.3, -0.25) is 0 Å². The van der Waals surface area contributed by atoms with Crippen LogP contribution in [0.25, 0.3) is 0 Å². The van der Waals surface area contributed by atoms with Crippen molar-refractivity contribution in [2.75, 3.05) is 19.3 Å². The van der Waals surface area contributed by atoms with Crippen LogP contribution >= 0.6 is 23.2 Å². The third-order valence-electron chi connectivity index (χ3n) is 3.90. The lowest BCUT2D eigenvalue weighted by Crippen LogP contribution is -2.40. The van der Waals surface area contributed by atoms with E-state index in [1.165, 1.54) is 10.6 Å². The van der Waals surface area contributed by atoms with Crippen molar-refractivity contribution in [2.45, 2.75) is 25.3 Å². The number of benzene rings is 1. The summed E-state index contributed by atoms with van der Waals surface area (Å²) in [6.45, 7) is 1.13. The summed E-state index contributed by atoms with van der Waals surface area (Å²) < 4.78 is 24.8. The van der Waals surface area contributed by atoms with E-state index in [1.54, 1.807) is 18.2 Å². The zero-order valence-corrected chi connectivity index (χ0v) is 14.3. The summed E-state index contributed by atoms with van der Waals surface area (Å²) in [6.07, 6.45) is 3.81. The molecule has 0 spiro atoms. The fourth-order valence-corrected chi connectivity index (χ4v) is 4.19. The Morgan fingerprint density at radius 1 is 1.43 bits per heavy atom. The van der Waals surface area contributed by atoms with E-state index >= 15 is 0 Å². The Kier molecular flexibility index (Phi) is 5.54. The van der Waals surface area contributed by atoms with Crippen LogP contribution in [0, 0.1) is 5.92 Å². The summed E-state index contributed by atoms with van der Waals surface area (Å²) in [5.41, 5.74) is 7.06.